The van der Waals surface area contributed by atoms with Gasteiger partial charge in [0.1, 0.15) is 6.04 Å². The molecular weight excluding hydrogens is 272 g/mol. The van der Waals surface area contributed by atoms with Crippen LogP contribution in [0.15, 0.2) is 12.5 Å². The summed E-state index contributed by atoms with van der Waals surface area (Å²) in [7, 11) is 3.66. The van der Waals surface area contributed by atoms with E-state index in [1.54, 1.807) is 12.5 Å². The number of hydrogen-bond donors (Lipinski definition) is 2. The molecule has 1 saturated heterocycles. The van der Waals surface area contributed by atoms with Crippen LogP contribution in [0.2, 0.25) is 0 Å². The van der Waals surface area contributed by atoms with Crippen molar-refractivity contribution in [3.8, 4) is 0 Å². The zero-order chi connectivity index (χ0) is 15.6. The van der Waals surface area contributed by atoms with Crippen LogP contribution < -0.4 is 0 Å². The van der Waals surface area contributed by atoms with Crippen LogP contribution in [0.1, 0.15) is 19.0 Å². The number of carboxylic acids is 1. The topological polar surface area (TPSA) is 89.5 Å². The minimum absolute atomic E-state index is 0.133. The number of carbonyl (C=O) groups excluding carboxylic acids is 1. The van der Waals surface area contributed by atoms with Crippen LogP contribution in [0.5, 0.6) is 0 Å². The van der Waals surface area contributed by atoms with Gasteiger partial charge in [0.05, 0.1) is 12.4 Å². The van der Waals surface area contributed by atoms with Gasteiger partial charge in [-0.1, -0.05) is 6.92 Å². The van der Waals surface area contributed by atoms with Crippen molar-refractivity contribution >= 4 is 11.9 Å². The Morgan fingerprint density at radius 1 is 1.57 bits per heavy atom. The highest BCUT2D eigenvalue weighted by Crippen LogP contribution is 2.25. The quantitative estimate of drug-likeness (QED) is 0.810. The second-order valence-electron chi connectivity index (χ2n) is 5.95. The van der Waals surface area contributed by atoms with Crippen molar-refractivity contribution in [1.29, 1.82) is 0 Å². The molecule has 1 aromatic rings. The van der Waals surface area contributed by atoms with E-state index in [0.717, 1.165) is 5.69 Å². The number of carboxylic acid groups (broad SMARTS) is 1. The zero-order valence-corrected chi connectivity index (χ0v) is 12.6. The molecule has 2 heterocycles. The standard InChI is InChI=1S/C14H22N4O3/c1-9-4-12(14(20)21)18(7-9)13(19)11(17(2)3)5-10-6-15-8-16-10/h6,8-9,11-12H,4-5,7H2,1-3H3,(H,15,16)(H,20,21)/t9-,11+,12-/m0/s1. The number of likely N-dealkylation sites (tertiary alicyclic amines) is 1. The molecule has 116 valence electrons. The molecule has 21 heavy (non-hydrogen) atoms. The number of carbonyl (C=O) groups is 2. The Morgan fingerprint density at radius 3 is 2.81 bits per heavy atom. The van der Waals surface area contributed by atoms with Crippen LogP contribution in [0, 0.1) is 5.92 Å². The molecule has 1 aliphatic heterocycles. The number of nitrogens with one attached hydrogen (secondary N) is 1. The smallest absolute Gasteiger partial charge is 0.326 e. The Kier molecular flexibility index (Phi) is 4.62. The first-order valence-electron chi connectivity index (χ1n) is 7.07. The fourth-order valence-electron chi connectivity index (χ4n) is 2.81. The Hall–Kier alpha value is -1.89. The third-order valence-electron chi connectivity index (χ3n) is 3.95. The van der Waals surface area contributed by atoms with Gasteiger partial charge < -0.3 is 15.0 Å². The van der Waals surface area contributed by atoms with Gasteiger partial charge in [-0.15, -0.1) is 0 Å². The van der Waals surface area contributed by atoms with Crippen molar-refractivity contribution < 1.29 is 14.7 Å². The van der Waals surface area contributed by atoms with Crippen molar-refractivity contribution in [2.24, 2.45) is 5.92 Å². The summed E-state index contributed by atoms with van der Waals surface area (Å²) in [6, 6.07) is -1.10. The van der Waals surface area contributed by atoms with Gasteiger partial charge in [-0.05, 0) is 26.4 Å². The number of rotatable bonds is 5. The maximum Gasteiger partial charge on any atom is 0.326 e. The third kappa shape index (κ3) is 3.41. The van der Waals surface area contributed by atoms with Crippen LogP contribution in [0.4, 0.5) is 0 Å². The van der Waals surface area contributed by atoms with Gasteiger partial charge in [0.2, 0.25) is 5.91 Å². The van der Waals surface area contributed by atoms with Gasteiger partial charge in [-0.2, -0.15) is 0 Å². The summed E-state index contributed by atoms with van der Waals surface area (Å²) in [4.78, 5) is 34.4. The van der Waals surface area contributed by atoms with E-state index >= 15 is 0 Å². The van der Waals surface area contributed by atoms with Crippen LogP contribution >= 0.6 is 0 Å². The van der Waals surface area contributed by atoms with Crippen LogP contribution in [0.3, 0.4) is 0 Å². The van der Waals surface area contributed by atoms with Gasteiger partial charge in [-0.3, -0.25) is 9.69 Å². The number of aromatic nitrogens is 2. The molecule has 0 bridgehead atoms. The van der Waals surface area contributed by atoms with Crippen molar-refractivity contribution in [3.63, 3.8) is 0 Å². The van der Waals surface area contributed by atoms with Crippen LogP contribution in [-0.4, -0.2) is 69.5 Å². The predicted molar refractivity (Wildman–Crippen MR) is 76.7 cm³/mol. The summed E-state index contributed by atoms with van der Waals surface area (Å²) in [5.41, 5.74) is 0.862. The summed E-state index contributed by atoms with van der Waals surface area (Å²) in [6.07, 6.45) is 4.27. The Labute approximate surface area is 124 Å². The number of imidazole rings is 1. The van der Waals surface area contributed by atoms with E-state index in [9.17, 15) is 14.7 Å². The minimum atomic E-state index is -0.924. The predicted octanol–water partition coefficient (Wildman–Crippen LogP) is 0.204. The van der Waals surface area contributed by atoms with Crippen molar-refractivity contribution in [2.45, 2.75) is 31.8 Å². The maximum atomic E-state index is 12.8. The Balaban J connectivity index is 2.16. The monoisotopic (exact) mass is 294 g/mol. The molecule has 1 amide bonds. The summed E-state index contributed by atoms with van der Waals surface area (Å²) >= 11 is 0. The molecule has 2 rings (SSSR count). The number of nitrogens with zero attached hydrogens (tertiary/aromatic N) is 3. The van der Waals surface area contributed by atoms with E-state index in [1.807, 2.05) is 25.9 Å². The molecular formula is C14H22N4O3. The molecule has 7 nitrogen and oxygen atoms in total. The number of aliphatic carboxylic acids is 1. The fourth-order valence-corrected chi connectivity index (χ4v) is 2.81. The van der Waals surface area contributed by atoms with Crippen LogP contribution in [0.25, 0.3) is 0 Å². The molecule has 0 radical (unpaired) electrons. The van der Waals surface area contributed by atoms with E-state index in [2.05, 4.69) is 9.97 Å². The highest BCUT2D eigenvalue weighted by molar-refractivity contribution is 5.87. The first-order chi connectivity index (χ1) is 9.90. The third-order valence-corrected chi connectivity index (χ3v) is 3.95. The largest absolute Gasteiger partial charge is 0.480 e. The number of hydrogen-bond acceptors (Lipinski definition) is 4. The molecule has 7 heteroatoms. The van der Waals surface area contributed by atoms with Crippen molar-refractivity contribution in [1.82, 2.24) is 19.8 Å². The lowest BCUT2D eigenvalue weighted by molar-refractivity contribution is -0.150. The molecule has 0 spiro atoms. The second-order valence-corrected chi connectivity index (χ2v) is 5.95. The molecule has 0 saturated carbocycles. The van der Waals surface area contributed by atoms with Gasteiger partial charge in [-0.25, -0.2) is 9.78 Å². The lowest BCUT2D eigenvalue weighted by Crippen LogP contribution is -2.50. The average molecular weight is 294 g/mol. The zero-order valence-electron chi connectivity index (χ0n) is 12.6. The molecule has 2 N–H and O–H groups in total. The molecule has 1 aliphatic rings. The molecule has 0 aliphatic carbocycles. The van der Waals surface area contributed by atoms with Gasteiger partial charge in [0, 0.05) is 24.9 Å². The van der Waals surface area contributed by atoms with E-state index in [1.165, 1.54) is 4.90 Å². The number of H-pyrrole nitrogens is 1. The highest BCUT2D eigenvalue weighted by Gasteiger charge is 2.40. The molecule has 1 fully saturated rings. The van der Waals surface area contributed by atoms with E-state index in [0.29, 0.717) is 19.4 Å². The second kappa shape index (κ2) is 6.26. The minimum Gasteiger partial charge on any atom is -0.480 e. The average Bonchev–Trinajstić information content (AvgIpc) is 3.03. The van der Waals surface area contributed by atoms with E-state index in [4.69, 9.17) is 0 Å². The maximum absolute atomic E-state index is 12.8. The van der Waals surface area contributed by atoms with Gasteiger partial charge in [0.25, 0.3) is 0 Å². The number of amides is 1. The van der Waals surface area contributed by atoms with Crippen LogP contribution in [-0.2, 0) is 16.0 Å². The Morgan fingerprint density at radius 2 is 2.29 bits per heavy atom. The molecule has 1 aromatic heterocycles. The first kappa shape index (κ1) is 15.5. The van der Waals surface area contributed by atoms with Gasteiger partial charge >= 0.3 is 5.97 Å². The summed E-state index contributed by atoms with van der Waals surface area (Å²) in [5.74, 6) is -0.844. The summed E-state index contributed by atoms with van der Waals surface area (Å²) in [5, 5.41) is 9.30. The van der Waals surface area contributed by atoms with Crippen molar-refractivity contribution in [2.75, 3.05) is 20.6 Å². The molecule has 3 atom stereocenters. The normalized spacial score (nSPS) is 23.5. The SMILES string of the molecule is C[C@H]1C[C@@H](C(=O)O)N(C(=O)[C@@H](Cc2cnc[nH]2)N(C)C)C1. The lowest BCUT2D eigenvalue weighted by Gasteiger charge is -2.30. The summed E-state index contributed by atoms with van der Waals surface area (Å²) < 4.78 is 0. The number of aromatic amines is 1. The summed E-state index contributed by atoms with van der Waals surface area (Å²) in [6.45, 7) is 2.48. The molecule has 0 unspecified atom stereocenters. The van der Waals surface area contributed by atoms with E-state index < -0.39 is 18.1 Å². The first-order valence-corrected chi connectivity index (χ1v) is 7.07. The molecule has 0 aromatic carbocycles. The highest BCUT2D eigenvalue weighted by atomic mass is 16.4. The van der Waals surface area contributed by atoms with Gasteiger partial charge in [0.15, 0.2) is 0 Å². The number of likely N-dealkylation sites (N-methyl/N-ethyl adjacent to an activating group) is 1. The fraction of sp³-hybridized carbons (Fsp3) is 0.643. The Bertz CT molecular complexity index is 500. The lowest BCUT2D eigenvalue weighted by atomic mass is 10.1. The van der Waals surface area contributed by atoms with Crippen molar-refractivity contribution in [3.05, 3.63) is 18.2 Å². The van der Waals surface area contributed by atoms with E-state index in [-0.39, 0.29) is 11.8 Å².